The van der Waals surface area contributed by atoms with Gasteiger partial charge in [-0.05, 0) is 57.1 Å². The van der Waals surface area contributed by atoms with Crippen LogP contribution in [0.2, 0.25) is 0 Å². The third-order valence-electron chi connectivity index (χ3n) is 5.47. The molecular formula is C27H44O4. The highest BCUT2D eigenvalue weighted by Crippen LogP contribution is 2.15. The van der Waals surface area contributed by atoms with Gasteiger partial charge in [0.1, 0.15) is 11.6 Å². The fourth-order valence-electron chi connectivity index (χ4n) is 2.92. The van der Waals surface area contributed by atoms with Gasteiger partial charge in [0.25, 0.3) is 0 Å². The summed E-state index contributed by atoms with van der Waals surface area (Å²) >= 11 is 0. The van der Waals surface area contributed by atoms with Crippen LogP contribution in [0, 0.1) is 11.8 Å². The van der Waals surface area contributed by atoms with Gasteiger partial charge in [-0.1, -0.05) is 57.2 Å². The normalized spacial score (nSPS) is 16.3. The number of aliphatic hydroxyl groups excluding tert-OH is 1. The van der Waals surface area contributed by atoms with E-state index in [1.165, 1.54) is 0 Å². The van der Waals surface area contributed by atoms with Crippen molar-refractivity contribution in [1.29, 1.82) is 0 Å². The summed E-state index contributed by atoms with van der Waals surface area (Å²) in [6, 6.07) is 0. The lowest BCUT2D eigenvalue weighted by Crippen LogP contribution is -2.17. The molecule has 0 amide bonds. The van der Waals surface area contributed by atoms with Crippen molar-refractivity contribution in [2.24, 2.45) is 11.8 Å². The Labute approximate surface area is 190 Å². The van der Waals surface area contributed by atoms with Crippen LogP contribution in [0.1, 0.15) is 80.1 Å². The molecule has 0 aromatic rings. The number of hydrogen-bond acceptors (Lipinski definition) is 4. The Morgan fingerprint density at radius 1 is 0.968 bits per heavy atom. The maximum atomic E-state index is 12.2. The number of hydrogen-bond donors (Lipinski definition) is 1. The zero-order chi connectivity index (χ0) is 23.8. The van der Waals surface area contributed by atoms with Gasteiger partial charge >= 0.3 is 0 Å². The molecule has 0 saturated heterocycles. The first kappa shape index (κ1) is 29.2. The zero-order valence-electron chi connectivity index (χ0n) is 20.7. The van der Waals surface area contributed by atoms with Crippen molar-refractivity contribution in [2.75, 3.05) is 7.11 Å². The molecule has 31 heavy (non-hydrogen) atoms. The third kappa shape index (κ3) is 14.8. The summed E-state index contributed by atoms with van der Waals surface area (Å²) in [6.07, 6.45) is 14.7. The van der Waals surface area contributed by atoms with Crippen molar-refractivity contribution in [3.8, 4) is 0 Å². The molecule has 4 heteroatoms. The number of ether oxygens (including phenoxy) is 1. The van der Waals surface area contributed by atoms with E-state index in [9.17, 15) is 14.7 Å². The van der Waals surface area contributed by atoms with Crippen molar-refractivity contribution in [3.05, 3.63) is 47.6 Å². The number of carbonyl (C=O) groups is 2. The molecule has 0 bridgehead atoms. The number of Topliss-reactive ketones (excluding diaryl/α,β-unsaturated/α-hetero) is 2. The first-order valence-corrected chi connectivity index (χ1v) is 11.5. The number of carbonyl (C=O) groups excluding carboxylic acids is 2. The van der Waals surface area contributed by atoms with Gasteiger partial charge in [-0.15, -0.1) is 0 Å². The molecule has 0 spiro atoms. The summed E-state index contributed by atoms with van der Waals surface area (Å²) in [4.78, 5) is 24.3. The summed E-state index contributed by atoms with van der Waals surface area (Å²) in [7, 11) is 1.69. The Bertz CT molecular complexity index is 652. The maximum Gasteiger partial charge on any atom is 0.139 e. The maximum absolute atomic E-state index is 12.2. The number of rotatable bonds is 16. The highest BCUT2D eigenvalue weighted by atomic mass is 16.5. The van der Waals surface area contributed by atoms with Gasteiger partial charge in [0.15, 0.2) is 0 Å². The fourth-order valence-corrected chi connectivity index (χ4v) is 2.92. The molecule has 3 atom stereocenters. The number of aliphatic hydroxyl groups is 1. The van der Waals surface area contributed by atoms with Crippen LogP contribution >= 0.6 is 0 Å². The third-order valence-corrected chi connectivity index (χ3v) is 5.47. The largest absolute Gasteiger partial charge is 0.388 e. The second-order valence-corrected chi connectivity index (χ2v) is 8.85. The molecule has 0 aromatic heterocycles. The first-order valence-electron chi connectivity index (χ1n) is 11.5. The molecule has 3 unspecified atom stereocenters. The minimum atomic E-state index is -0.809. The van der Waals surface area contributed by atoms with E-state index in [-0.39, 0.29) is 30.0 Å². The molecule has 0 heterocycles. The Balaban J connectivity index is 4.27. The van der Waals surface area contributed by atoms with E-state index in [0.29, 0.717) is 24.3 Å². The standard InChI is InChI=1S/C27H44O4/c1-20(2)16-17-26(29)22(4)18-23(5)27(30)19-25(28)15-13-11-9-8-10-12-14-21(3)24(6)31-7/h8-10,12,14,18,20,22,24,27,30H,11,13,15-17,19H2,1-7H3. The lowest BCUT2D eigenvalue weighted by molar-refractivity contribution is -0.121. The van der Waals surface area contributed by atoms with Gasteiger partial charge < -0.3 is 9.84 Å². The quantitative estimate of drug-likeness (QED) is 0.180. The Hall–Kier alpha value is -1.78. The van der Waals surface area contributed by atoms with Crippen molar-refractivity contribution in [1.82, 2.24) is 0 Å². The van der Waals surface area contributed by atoms with Crippen LogP contribution < -0.4 is 0 Å². The van der Waals surface area contributed by atoms with Crippen LogP contribution in [-0.2, 0) is 14.3 Å². The zero-order valence-corrected chi connectivity index (χ0v) is 20.7. The van der Waals surface area contributed by atoms with Gasteiger partial charge in [0, 0.05) is 32.3 Å². The molecule has 0 rings (SSSR count). The molecule has 0 aliphatic carbocycles. The average Bonchev–Trinajstić information content (AvgIpc) is 2.72. The van der Waals surface area contributed by atoms with Crippen LogP contribution in [0.15, 0.2) is 47.6 Å². The molecule has 0 radical (unpaired) electrons. The SMILES string of the molecule is COC(C)C(C)=CC=CC=CCCCC(=O)CC(O)C(C)=CC(C)C(=O)CCC(C)C. The molecule has 0 aromatic carbocycles. The first-order chi connectivity index (χ1) is 14.6. The summed E-state index contributed by atoms with van der Waals surface area (Å²) < 4.78 is 5.24. The highest BCUT2D eigenvalue weighted by Gasteiger charge is 2.16. The van der Waals surface area contributed by atoms with E-state index in [0.717, 1.165) is 24.8 Å². The molecule has 4 nitrogen and oxygen atoms in total. The van der Waals surface area contributed by atoms with Crippen LogP contribution in [0.3, 0.4) is 0 Å². The van der Waals surface area contributed by atoms with Gasteiger partial charge in [-0.3, -0.25) is 9.59 Å². The van der Waals surface area contributed by atoms with E-state index < -0.39 is 6.10 Å². The number of ketones is 2. The number of methoxy groups -OCH3 is 1. The molecule has 0 aliphatic heterocycles. The Morgan fingerprint density at radius 3 is 2.26 bits per heavy atom. The lowest BCUT2D eigenvalue weighted by atomic mass is 9.94. The van der Waals surface area contributed by atoms with Crippen LogP contribution in [-0.4, -0.2) is 36.0 Å². The molecule has 176 valence electrons. The molecule has 0 saturated carbocycles. The van der Waals surface area contributed by atoms with E-state index in [1.54, 1.807) is 20.1 Å². The topological polar surface area (TPSA) is 63.6 Å². The van der Waals surface area contributed by atoms with Crippen molar-refractivity contribution < 1.29 is 19.4 Å². The summed E-state index contributed by atoms with van der Waals surface area (Å²) in [5.74, 6) is 0.514. The van der Waals surface area contributed by atoms with Crippen molar-refractivity contribution in [3.63, 3.8) is 0 Å². The molecule has 0 fully saturated rings. The van der Waals surface area contributed by atoms with Gasteiger partial charge in [0.2, 0.25) is 0 Å². The number of allylic oxidation sites excluding steroid dienone is 6. The van der Waals surface area contributed by atoms with Crippen molar-refractivity contribution in [2.45, 2.75) is 92.3 Å². The minimum Gasteiger partial charge on any atom is -0.388 e. The Kier molecular flexibility index (Phi) is 15.9. The molecular weight excluding hydrogens is 388 g/mol. The lowest BCUT2D eigenvalue weighted by Gasteiger charge is -2.13. The van der Waals surface area contributed by atoms with Crippen LogP contribution in [0.4, 0.5) is 0 Å². The summed E-state index contributed by atoms with van der Waals surface area (Å²) in [5.41, 5.74) is 1.87. The van der Waals surface area contributed by atoms with Crippen molar-refractivity contribution >= 4 is 11.6 Å². The Morgan fingerprint density at radius 2 is 1.65 bits per heavy atom. The fraction of sp³-hybridized carbons (Fsp3) is 0.630. The minimum absolute atomic E-state index is 0.0510. The average molecular weight is 433 g/mol. The predicted molar refractivity (Wildman–Crippen MR) is 130 cm³/mol. The van der Waals surface area contributed by atoms with E-state index in [1.807, 2.05) is 51.2 Å². The monoisotopic (exact) mass is 432 g/mol. The second-order valence-electron chi connectivity index (χ2n) is 8.85. The smallest absolute Gasteiger partial charge is 0.139 e. The molecule has 0 aliphatic rings. The number of unbranched alkanes of at least 4 members (excludes halogenated alkanes) is 1. The van der Waals surface area contributed by atoms with E-state index >= 15 is 0 Å². The van der Waals surface area contributed by atoms with Gasteiger partial charge in [0.05, 0.1) is 12.2 Å². The van der Waals surface area contributed by atoms with Crippen LogP contribution in [0.25, 0.3) is 0 Å². The van der Waals surface area contributed by atoms with Gasteiger partial charge in [-0.25, -0.2) is 0 Å². The summed E-state index contributed by atoms with van der Waals surface area (Å²) in [5, 5.41) is 10.3. The van der Waals surface area contributed by atoms with E-state index in [4.69, 9.17) is 4.74 Å². The predicted octanol–water partition coefficient (Wildman–Crippen LogP) is 6.16. The molecule has 1 N–H and O–H groups in total. The van der Waals surface area contributed by atoms with Crippen LogP contribution in [0.5, 0.6) is 0 Å². The van der Waals surface area contributed by atoms with Gasteiger partial charge in [-0.2, -0.15) is 0 Å². The second kappa shape index (κ2) is 16.9. The highest BCUT2D eigenvalue weighted by molar-refractivity contribution is 5.82. The summed E-state index contributed by atoms with van der Waals surface area (Å²) in [6.45, 7) is 11.9. The van der Waals surface area contributed by atoms with E-state index in [2.05, 4.69) is 13.8 Å².